The predicted molar refractivity (Wildman–Crippen MR) is 103 cm³/mol. The van der Waals surface area contributed by atoms with E-state index in [1.54, 1.807) is 11.8 Å². The Morgan fingerprint density at radius 2 is 1.70 bits per heavy atom. The molecule has 3 aromatic rings. The standard InChI is InChI=1S/C19H16BrNOS/c20-16-10-8-14(9-11-16)12-23-13-19(22)21-18-7-3-5-15-4-1-2-6-17(15)18/h1-11H,12-13H2,(H,21,22). The SMILES string of the molecule is O=C(CSCc1ccc(Br)cc1)Nc1cccc2ccccc12. The highest BCUT2D eigenvalue weighted by atomic mass is 79.9. The summed E-state index contributed by atoms with van der Waals surface area (Å²) in [6.07, 6.45) is 0. The molecule has 1 amide bonds. The van der Waals surface area contributed by atoms with Crippen molar-refractivity contribution in [3.63, 3.8) is 0 Å². The maximum Gasteiger partial charge on any atom is 0.234 e. The number of anilines is 1. The van der Waals surface area contributed by atoms with Crippen molar-refractivity contribution in [2.75, 3.05) is 11.1 Å². The number of halogens is 1. The lowest BCUT2D eigenvalue weighted by atomic mass is 10.1. The van der Waals surface area contributed by atoms with E-state index < -0.39 is 0 Å². The minimum atomic E-state index is 0.0310. The zero-order valence-corrected chi connectivity index (χ0v) is 14.9. The summed E-state index contributed by atoms with van der Waals surface area (Å²) < 4.78 is 1.07. The van der Waals surface area contributed by atoms with E-state index in [2.05, 4.69) is 33.4 Å². The summed E-state index contributed by atoms with van der Waals surface area (Å²) in [6, 6.07) is 22.2. The van der Waals surface area contributed by atoms with Gasteiger partial charge in [-0.1, -0.05) is 64.5 Å². The maximum atomic E-state index is 12.2. The number of benzene rings is 3. The van der Waals surface area contributed by atoms with Crippen molar-refractivity contribution >= 4 is 50.1 Å². The highest BCUT2D eigenvalue weighted by Crippen LogP contribution is 2.23. The van der Waals surface area contributed by atoms with E-state index in [0.717, 1.165) is 26.7 Å². The highest BCUT2D eigenvalue weighted by molar-refractivity contribution is 9.10. The maximum absolute atomic E-state index is 12.2. The molecule has 0 saturated carbocycles. The second-order valence-corrected chi connectivity index (χ2v) is 7.10. The molecule has 0 unspecified atom stereocenters. The van der Waals surface area contributed by atoms with E-state index in [-0.39, 0.29) is 5.91 Å². The lowest BCUT2D eigenvalue weighted by Gasteiger charge is -2.08. The van der Waals surface area contributed by atoms with Gasteiger partial charge in [0, 0.05) is 21.3 Å². The molecule has 0 aliphatic carbocycles. The molecule has 0 radical (unpaired) electrons. The van der Waals surface area contributed by atoms with Crippen LogP contribution in [0.15, 0.2) is 71.2 Å². The van der Waals surface area contributed by atoms with Gasteiger partial charge in [0.05, 0.1) is 5.75 Å². The molecule has 0 aliphatic heterocycles. The van der Waals surface area contributed by atoms with Crippen LogP contribution < -0.4 is 5.32 Å². The zero-order valence-electron chi connectivity index (χ0n) is 12.5. The van der Waals surface area contributed by atoms with Crippen molar-refractivity contribution in [3.8, 4) is 0 Å². The molecule has 116 valence electrons. The fourth-order valence-corrected chi connectivity index (χ4v) is 3.42. The fourth-order valence-electron chi connectivity index (χ4n) is 2.36. The van der Waals surface area contributed by atoms with Crippen LogP contribution in [0.1, 0.15) is 5.56 Å². The molecule has 1 N–H and O–H groups in total. The summed E-state index contributed by atoms with van der Waals surface area (Å²) in [5.74, 6) is 1.30. The van der Waals surface area contributed by atoms with Crippen LogP contribution in [0.3, 0.4) is 0 Å². The molecule has 23 heavy (non-hydrogen) atoms. The average Bonchev–Trinajstić information content (AvgIpc) is 2.57. The van der Waals surface area contributed by atoms with Gasteiger partial charge in [-0.25, -0.2) is 0 Å². The molecule has 0 aromatic heterocycles. The molecule has 0 atom stereocenters. The van der Waals surface area contributed by atoms with Crippen molar-refractivity contribution in [1.29, 1.82) is 0 Å². The topological polar surface area (TPSA) is 29.1 Å². The van der Waals surface area contributed by atoms with Crippen molar-refractivity contribution in [1.82, 2.24) is 0 Å². The van der Waals surface area contributed by atoms with Gasteiger partial charge in [0.15, 0.2) is 0 Å². The van der Waals surface area contributed by atoms with Crippen LogP contribution in [-0.2, 0) is 10.5 Å². The predicted octanol–water partition coefficient (Wildman–Crippen LogP) is 5.47. The Hall–Kier alpha value is -1.78. The van der Waals surface area contributed by atoms with Gasteiger partial charge in [-0.3, -0.25) is 4.79 Å². The van der Waals surface area contributed by atoms with E-state index >= 15 is 0 Å². The van der Waals surface area contributed by atoms with E-state index in [1.807, 2.05) is 54.6 Å². The Labute approximate surface area is 148 Å². The minimum absolute atomic E-state index is 0.0310. The number of thioether (sulfide) groups is 1. The molecule has 0 aliphatic rings. The fraction of sp³-hybridized carbons (Fsp3) is 0.105. The summed E-state index contributed by atoms with van der Waals surface area (Å²) in [5.41, 5.74) is 2.09. The Kier molecular flexibility index (Phi) is 5.36. The number of nitrogens with one attached hydrogen (secondary N) is 1. The molecule has 0 heterocycles. The molecule has 0 saturated heterocycles. The van der Waals surface area contributed by atoms with Crippen LogP contribution in [0, 0.1) is 0 Å². The van der Waals surface area contributed by atoms with Gasteiger partial charge in [0.1, 0.15) is 0 Å². The molecule has 0 spiro atoms. The number of fused-ring (bicyclic) bond motifs is 1. The molecule has 3 aromatic carbocycles. The van der Waals surface area contributed by atoms with Crippen molar-refractivity contribution in [3.05, 3.63) is 76.8 Å². The number of amides is 1. The summed E-state index contributed by atoms with van der Waals surface area (Å²) in [6.45, 7) is 0. The highest BCUT2D eigenvalue weighted by Gasteiger charge is 2.06. The number of carbonyl (C=O) groups is 1. The molecule has 2 nitrogen and oxygen atoms in total. The van der Waals surface area contributed by atoms with Crippen LogP contribution in [0.4, 0.5) is 5.69 Å². The van der Waals surface area contributed by atoms with E-state index in [4.69, 9.17) is 0 Å². The molecule has 0 fully saturated rings. The quantitative estimate of drug-likeness (QED) is 0.630. The first-order chi connectivity index (χ1) is 11.2. The molecule has 3 rings (SSSR count). The lowest BCUT2D eigenvalue weighted by Crippen LogP contribution is -2.14. The van der Waals surface area contributed by atoms with Gasteiger partial charge in [-0.05, 0) is 29.1 Å². The van der Waals surface area contributed by atoms with E-state index in [9.17, 15) is 4.79 Å². The Morgan fingerprint density at radius 3 is 2.52 bits per heavy atom. The first kappa shape index (κ1) is 16.1. The molecule has 0 bridgehead atoms. The summed E-state index contributed by atoms with van der Waals surface area (Å²) >= 11 is 5.04. The van der Waals surface area contributed by atoms with Gasteiger partial charge in [-0.15, -0.1) is 11.8 Å². The van der Waals surface area contributed by atoms with Crippen molar-refractivity contribution in [2.24, 2.45) is 0 Å². The van der Waals surface area contributed by atoms with Crippen LogP contribution >= 0.6 is 27.7 Å². The first-order valence-corrected chi connectivity index (χ1v) is 9.27. The Bertz CT molecular complexity index is 812. The van der Waals surface area contributed by atoms with Gasteiger partial charge in [0.2, 0.25) is 5.91 Å². The van der Waals surface area contributed by atoms with Crippen LogP contribution in [0.2, 0.25) is 0 Å². The van der Waals surface area contributed by atoms with Crippen molar-refractivity contribution in [2.45, 2.75) is 5.75 Å². The molecular weight excluding hydrogens is 370 g/mol. The van der Waals surface area contributed by atoms with Crippen molar-refractivity contribution < 1.29 is 4.79 Å². The van der Waals surface area contributed by atoms with Crippen LogP contribution in [0.5, 0.6) is 0 Å². The smallest absolute Gasteiger partial charge is 0.234 e. The van der Waals surface area contributed by atoms with Gasteiger partial charge < -0.3 is 5.32 Å². The third-order valence-corrected chi connectivity index (χ3v) is 5.01. The monoisotopic (exact) mass is 385 g/mol. The Morgan fingerprint density at radius 1 is 0.957 bits per heavy atom. The zero-order chi connectivity index (χ0) is 16.1. The van der Waals surface area contributed by atoms with Gasteiger partial charge >= 0.3 is 0 Å². The molecular formula is C19H16BrNOS. The normalized spacial score (nSPS) is 10.7. The summed E-state index contributed by atoms with van der Waals surface area (Å²) in [7, 11) is 0. The largest absolute Gasteiger partial charge is 0.325 e. The van der Waals surface area contributed by atoms with Gasteiger partial charge in [0.25, 0.3) is 0 Å². The molecule has 4 heteroatoms. The average molecular weight is 386 g/mol. The van der Waals surface area contributed by atoms with E-state index in [0.29, 0.717) is 5.75 Å². The Balaban J connectivity index is 1.57. The first-order valence-electron chi connectivity index (χ1n) is 7.32. The third-order valence-electron chi connectivity index (χ3n) is 3.48. The van der Waals surface area contributed by atoms with Gasteiger partial charge in [-0.2, -0.15) is 0 Å². The second-order valence-electron chi connectivity index (χ2n) is 5.19. The van der Waals surface area contributed by atoms with Crippen LogP contribution in [0.25, 0.3) is 10.8 Å². The summed E-state index contributed by atoms with van der Waals surface area (Å²) in [4.78, 5) is 12.2. The third kappa shape index (κ3) is 4.36. The second kappa shape index (κ2) is 7.66. The lowest BCUT2D eigenvalue weighted by molar-refractivity contribution is -0.113. The summed E-state index contributed by atoms with van der Waals surface area (Å²) in [5, 5.41) is 5.22. The minimum Gasteiger partial charge on any atom is -0.325 e. The number of hydrogen-bond donors (Lipinski definition) is 1. The van der Waals surface area contributed by atoms with Crippen LogP contribution in [-0.4, -0.2) is 11.7 Å². The van der Waals surface area contributed by atoms with E-state index in [1.165, 1.54) is 5.56 Å². The number of carbonyl (C=O) groups excluding carboxylic acids is 1. The number of hydrogen-bond acceptors (Lipinski definition) is 2. The number of rotatable bonds is 5.